The summed E-state index contributed by atoms with van der Waals surface area (Å²) < 4.78 is 6.49. The summed E-state index contributed by atoms with van der Waals surface area (Å²) in [5.74, 6) is 2.74. The molecule has 1 aromatic heterocycles. The van der Waals surface area contributed by atoms with Gasteiger partial charge in [-0.05, 0) is 46.9 Å². The molecule has 2 heterocycles. The van der Waals surface area contributed by atoms with Crippen molar-refractivity contribution in [3.63, 3.8) is 0 Å². The first-order valence-electron chi connectivity index (χ1n) is 6.67. The molecule has 0 aliphatic carbocycles. The van der Waals surface area contributed by atoms with Gasteiger partial charge in [-0.3, -0.25) is 0 Å². The van der Waals surface area contributed by atoms with E-state index < -0.39 is 0 Å². The molecule has 2 atom stereocenters. The topological polar surface area (TPSA) is 51.0 Å². The molecule has 0 saturated carbocycles. The Bertz CT molecular complexity index is 589. The quantitative estimate of drug-likeness (QED) is 0.847. The van der Waals surface area contributed by atoms with Crippen LogP contribution in [0.15, 0.2) is 38.2 Å². The molecular formula is C14H16BrN3OS. The van der Waals surface area contributed by atoms with Crippen LogP contribution in [0.2, 0.25) is 0 Å². The third-order valence-corrected chi connectivity index (χ3v) is 5.50. The van der Waals surface area contributed by atoms with Crippen molar-refractivity contribution >= 4 is 27.7 Å². The molecule has 106 valence electrons. The highest BCUT2D eigenvalue weighted by atomic mass is 79.9. The van der Waals surface area contributed by atoms with Gasteiger partial charge in [-0.25, -0.2) is 0 Å². The molecule has 2 aromatic rings. The summed E-state index contributed by atoms with van der Waals surface area (Å²) >= 11 is 5.25. The molecule has 2 unspecified atom stereocenters. The van der Waals surface area contributed by atoms with Crippen molar-refractivity contribution in [2.75, 3.05) is 6.54 Å². The van der Waals surface area contributed by atoms with E-state index in [1.807, 2.05) is 18.2 Å². The first-order valence-corrected chi connectivity index (χ1v) is 8.45. The normalized spacial score (nSPS) is 22.3. The van der Waals surface area contributed by atoms with Crippen molar-refractivity contribution in [3.8, 4) is 0 Å². The van der Waals surface area contributed by atoms with Gasteiger partial charge in [0.15, 0.2) is 5.82 Å². The molecule has 1 aromatic carbocycles. The largest absolute Gasteiger partial charge is 0.338 e. The number of halogens is 1. The molecule has 0 amide bonds. The summed E-state index contributed by atoms with van der Waals surface area (Å²) in [5.41, 5.74) is 0. The number of thioether (sulfide) groups is 1. The van der Waals surface area contributed by atoms with Crippen molar-refractivity contribution in [2.45, 2.75) is 30.0 Å². The number of benzene rings is 1. The number of nitrogens with one attached hydrogen (secondary N) is 1. The molecule has 0 spiro atoms. The first kappa shape index (κ1) is 14.1. The SMILES string of the molecule is CC1CCNC1c1nc(CSc2ccccc2Br)no1. The van der Waals surface area contributed by atoms with Crippen LogP contribution < -0.4 is 5.32 Å². The van der Waals surface area contributed by atoms with Gasteiger partial charge in [0.1, 0.15) is 0 Å². The minimum Gasteiger partial charge on any atom is -0.338 e. The van der Waals surface area contributed by atoms with Gasteiger partial charge in [0.2, 0.25) is 5.89 Å². The zero-order valence-corrected chi connectivity index (χ0v) is 13.6. The van der Waals surface area contributed by atoms with Crippen LogP contribution >= 0.6 is 27.7 Å². The highest BCUT2D eigenvalue weighted by Crippen LogP contribution is 2.31. The van der Waals surface area contributed by atoms with Crippen LogP contribution in [0.3, 0.4) is 0 Å². The zero-order valence-electron chi connectivity index (χ0n) is 11.2. The Labute approximate surface area is 130 Å². The Morgan fingerprint density at radius 2 is 2.30 bits per heavy atom. The maximum absolute atomic E-state index is 5.39. The molecule has 20 heavy (non-hydrogen) atoms. The lowest BCUT2D eigenvalue weighted by Gasteiger charge is -2.09. The van der Waals surface area contributed by atoms with Crippen LogP contribution in [-0.2, 0) is 5.75 Å². The van der Waals surface area contributed by atoms with Crippen LogP contribution in [0.25, 0.3) is 0 Å². The fourth-order valence-electron chi connectivity index (χ4n) is 2.32. The number of hydrogen-bond donors (Lipinski definition) is 1. The van der Waals surface area contributed by atoms with Crippen LogP contribution in [0, 0.1) is 5.92 Å². The van der Waals surface area contributed by atoms with Gasteiger partial charge >= 0.3 is 0 Å². The average molecular weight is 354 g/mol. The molecule has 0 radical (unpaired) electrons. The number of aromatic nitrogens is 2. The van der Waals surface area contributed by atoms with Crippen LogP contribution in [0.1, 0.15) is 31.1 Å². The van der Waals surface area contributed by atoms with E-state index >= 15 is 0 Å². The van der Waals surface area contributed by atoms with Crippen molar-refractivity contribution in [1.29, 1.82) is 0 Å². The Kier molecular flexibility index (Phi) is 4.43. The number of nitrogens with zero attached hydrogens (tertiary/aromatic N) is 2. The van der Waals surface area contributed by atoms with Crippen molar-refractivity contribution in [1.82, 2.24) is 15.5 Å². The lowest BCUT2D eigenvalue weighted by molar-refractivity contribution is 0.317. The summed E-state index contributed by atoms with van der Waals surface area (Å²) in [6.45, 7) is 3.24. The molecule has 0 bridgehead atoms. The standard InChI is InChI=1S/C14H16BrN3OS/c1-9-6-7-16-13(9)14-17-12(18-19-14)8-20-11-5-3-2-4-10(11)15/h2-5,9,13,16H,6-8H2,1H3. The van der Waals surface area contributed by atoms with E-state index in [9.17, 15) is 0 Å². The lowest BCUT2D eigenvalue weighted by Crippen LogP contribution is -2.16. The van der Waals surface area contributed by atoms with E-state index in [1.165, 1.54) is 4.90 Å². The zero-order chi connectivity index (χ0) is 13.9. The van der Waals surface area contributed by atoms with Crippen LogP contribution in [0.4, 0.5) is 0 Å². The van der Waals surface area contributed by atoms with Crippen LogP contribution in [0.5, 0.6) is 0 Å². The Hall–Kier alpha value is -0.850. The van der Waals surface area contributed by atoms with Gasteiger partial charge in [-0.1, -0.05) is 24.2 Å². The summed E-state index contributed by atoms with van der Waals surface area (Å²) in [5, 5.41) is 7.49. The smallest absolute Gasteiger partial charge is 0.244 e. The minimum absolute atomic E-state index is 0.213. The van der Waals surface area contributed by atoms with E-state index in [-0.39, 0.29) is 6.04 Å². The molecule has 6 heteroatoms. The van der Waals surface area contributed by atoms with Crippen molar-refractivity contribution in [2.24, 2.45) is 5.92 Å². The maximum Gasteiger partial charge on any atom is 0.244 e. The van der Waals surface area contributed by atoms with Crippen LogP contribution in [-0.4, -0.2) is 16.7 Å². The molecule has 1 aliphatic rings. The van der Waals surface area contributed by atoms with E-state index in [1.54, 1.807) is 11.8 Å². The molecular weight excluding hydrogens is 338 g/mol. The summed E-state index contributed by atoms with van der Waals surface area (Å²) in [4.78, 5) is 5.70. The summed E-state index contributed by atoms with van der Waals surface area (Å²) in [6.07, 6.45) is 1.16. The number of hydrogen-bond acceptors (Lipinski definition) is 5. The van der Waals surface area contributed by atoms with Gasteiger partial charge in [0.25, 0.3) is 0 Å². The third-order valence-electron chi connectivity index (χ3n) is 3.48. The second-order valence-corrected chi connectivity index (χ2v) is 6.84. The van der Waals surface area contributed by atoms with Gasteiger partial charge in [0.05, 0.1) is 11.8 Å². The van der Waals surface area contributed by atoms with E-state index in [0.29, 0.717) is 11.7 Å². The van der Waals surface area contributed by atoms with Gasteiger partial charge in [-0.15, -0.1) is 11.8 Å². The van der Waals surface area contributed by atoms with E-state index in [2.05, 4.69) is 44.4 Å². The Morgan fingerprint density at radius 1 is 1.45 bits per heavy atom. The second kappa shape index (κ2) is 6.28. The molecule has 4 nitrogen and oxygen atoms in total. The van der Waals surface area contributed by atoms with Gasteiger partial charge in [-0.2, -0.15) is 4.98 Å². The minimum atomic E-state index is 0.213. The fraction of sp³-hybridized carbons (Fsp3) is 0.429. The van der Waals surface area contributed by atoms with Gasteiger partial charge in [0, 0.05) is 9.37 Å². The predicted octanol–water partition coefficient (Wildman–Crippen LogP) is 3.79. The second-order valence-electron chi connectivity index (χ2n) is 4.97. The highest BCUT2D eigenvalue weighted by molar-refractivity contribution is 9.10. The molecule has 1 saturated heterocycles. The predicted molar refractivity (Wildman–Crippen MR) is 82.5 cm³/mol. The molecule has 1 aliphatic heterocycles. The highest BCUT2D eigenvalue weighted by Gasteiger charge is 2.29. The molecule has 1 fully saturated rings. The van der Waals surface area contributed by atoms with Crippen molar-refractivity contribution < 1.29 is 4.52 Å². The monoisotopic (exact) mass is 353 g/mol. The summed E-state index contributed by atoms with van der Waals surface area (Å²) in [6, 6.07) is 8.36. The fourth-order valence-corrected chi connectivity index (χ4v) is 3.73. The Balaban J connectivity index is 1.64. The van der Waals surface area contributed by atoms with Gasteiger partial charge < -0.3 is 9.84 Å². The third kappa shape index (κ3) is 3.07. The maximum atomic E-state index is 5.39. The summed E-state index contributed by atoms with van der Waals surface area (Å²) in [7, 11) is 0. The van der Waals surface area contributed by atoms with Crippen molar-refractivity contribution in [3.05, 3.63) is 40.5 Å². The average Bonchev–Trinajstić information content (AvgIpc) is 3.06. The lowest BCUT2D eigenvalue weighted by atomic mass is 10.0. The molecule has 1 N–H and O–H groups in total. The first-order chi connectivity index (χ1) is 9.74. The number of rotatable bonds is 4. The molecule has 3 rings (SSSR count). The van der Waals surface area contributed by atoms with E-state index in [0.717, 1.165) is 29.2 Å². The van der Waals surface area contributed by atoms with E-state index in [4.69, 9.17) is 4.52 Å². The Morgan fingerprint density at radius 3 is 3.05 bits per heavy atom.